The van der Waals surface area contributed by atoms with Crippen molar-refractivity contribution < 1.29 is 14.3 Å². The van der Waals surface area contributed by atoms with Gasteiger partial charge < -0.3 is 15.0 Å². The van der Waals surface area contributed by atoms with Crippen LogP contribution in [0.4, 0.5) is 0 Å². The second-order valence-electron chi connectivity index (χ2n) is 8.42. The Hall–Kier alpha value is -1.54. The average molecular weight is 375 g/mol. The largest absolute Gasteiger partial charge is 0.381 e. The zero-order valence-electron chi connectivity index (χ0n) is 16.5. The summed E-state index contributed by atoms with van der Waals surface area (Å²) in [4.78, 5) is 27.2. The van der Waals surface area contributed by atoms with Gasteiger partial charge in [0.15, 0.2) is 0 Å². The van der Waals surface area contributed by atoms with E-state index in [1.54, 1.807) is 0 Å². The molecule has 5 nitrogen and oxygen atoms in total. The van der Waals surface area contributed by atoms with Gasteiger partial charge in [-0.2, -0.15) is 0 Å². The van der Waals surface area contributed by atoms with Crippen LogP contribution in [0.15, 0.2) is 0 Å². The van der Waals surface area contributed by atoms with Crippen LogP contribution >= 0.6 is 0 Å². The molecule has 3 aliphatic rings. The monoisotopic (exact) mass is 374 g/mol. The highest BCUT2D eigenvalue weighted by Gasteiger charge is 2.42. The van der Waals surface area contributed by atoms with E-state index in [-0.39, 0.29) is 11.8 Å². The maximum absolute atomic E-state index is 12.7. The number of unbranched alkanes of at least 4 members (excludes halogenated alkanes) is 3. The van der Waals surface area contributed by atoms with E-state index in [0.717, 1.165) is 70.8 Å². The number of carbonyl (C=O) groups is 2. The normalized spacial score (nSPS) is 28.0. The third-order valence-electron chi connectivity index (χ3n) is 6.49. The molecule has 3 fully saturated rings. The fraction of sp³-hybridized carbons (Fsp3) is 0.818. The Morgan fingerprint density at radius 2 is 1.74 bits per heavy atom. The third-order valence-corrected chi connectivity index (χ3v) is 6.49. The Bertz CT molecular complexity index is 536. The second-order valence-corrected chi connectivity index (χ2v) is 8.42. The maximum atomic E-state index is 12.7. The molecule has 0 radical (unpaired) electrons. The topological polar surface area (TPSA) is 58.6 Å². The van der Waals surface area contributed by atoms with Crippen LogP contribution < -0.4 is 5.32 Å². The molecule has 1 unspecified atom stereocenters. The van der Waals surface area contributed by atoms with Crippen LogP contribution in [0.5, 0.6) is 0 Å². The van der Waals surface area contributed by atoms with E-state index in [4.69, 9.17) is 11.2 Å². The smallest absolute Gasteiger partial charge is 0.223 e. The van der Waals surface area contributed by atoms with Gasteiger partial charge in [-0.05, 0) is 57.3 Å². The van der Waals surface area contributed by atoms with Gasteiger partial charge in [0.05, 0.1) is 0 Å². The summed E-state index contributed by atoms with van der Waals surface area (Å²) in [6, 6.07) is 0.763. The molecule has 0 aromatic carbocycles. The van der Waals surface area contributed by atoms with Crippen molar-refractivity contribution in [2.75, 3.05) is 19.8 Å². The number of piperidine rings is 1. The molecule has 0 aromatic rings. The number of ether oxygens (including phenoxy) is 1. The lowest BCUT2D eigenvalue weighted by Crippen LogP contribution is -2.48. The van der Waals surface area contributed by atoms with Crippen molar-refractivity contribution in [3.05, 3.63) is 0 Å². The van der Waals surface area contributed by atoms with Gasteiger partial charge in [-0.3, -0.25) is 9.59 Å². The predicted octanol–water partition coefficient (Wildman–Crippen LogP) is 2.88. The van der Waals surface area contributed by atoms with Crippen LogP contribution in [0.25, 0.3) is 0 Å². The van der Waals surface area contributed by atoms with Crippen LogP contribution in [0.2, 0.25) is 0 Å². The first kappa shape index (κ1) is 20.2. The summed E-state index contributed by atoms with van der Waals surface area (Å²) < 4.78 is 5.34. The van der Waals surface area contributed by atoms with Crippen LogP contribution in [-0.2, 0) is 14.3 Å². The molecule has 0 aliphatic carbocycles. The van der Waals surface area contributed by atoms with E-state index in [9.17, 15) is 9.59 Å². The van der Waals surface area contributed by atoms with Gasteiger partial charge in [0.25, 0.3) is 0 Å². The summed E-state index contributed by atoms with van der Waals surface area (Å²) in [5.41, 5.74) is 0. The van der Waals surface area contributed by atoms with Crippen molar-refractivity contribution in [3.63, 3.8) is 0 Å². The number of amides is 2. The summed E-state index contributed by atoms with van der Waals surface area (Å²) in [5, 5.41) is 3.17. The molecule has 3 rings (SSSR count). The molecule has 150 valence electrons. The zero-order valence-corrected chi connectivity index (χ0v) is 16.5. The third kappa shape index (κ3) is 5.48. The Kier molecular flexibility index (Phi) is 7.58. The molecule has 3 heterocycles. The number of hydrogen-bond donors (Lipinski definition) is 1. The lowest BCUT2D eigenvalue weighted by Gasteiger charge is -2.39. The number of nitrogens with zero attached hydrogens (tertiary/aromatic N) is 1. The fourth-order valence-electron chi connectivity index (χ4n) is 5.02. The molecule has 1 N–H and O–H groups in total. The molecule has 2 amide bonds. The number of carbonyl (C=O) groups excluding carboxylic acids is 2. The van der Waals surface area contributed by atoms with Gasteiger partial charge in [-0.1, -0.05) is 6.42 Å². The minimum atomic E-state index is 0.117. The van der Waals surface area contributed by atoms with Crippen LogP contribution in [0, 0.1) is 24.2 Å². The molecule has 5 heteroatoms. The summed E-state index contributed by atoms with van der Waals surface area (Å²) in [6.45, 7) is 2.16. The van der Waals surface area contributed by atoms with E-state index >= 15 is 0 Å². The van der Waals surface area contributed by atoms with Crippen molar-refractivity contribution in [3.8, 4) is 12.3 Å². The lowest BCUT2D eigenvalue weighted by molar-refractivity contribution is -0.137. The number of rotatable bonds is 8. The van der Waals surface area contributed by atoms with Crippen molar-refractivity contribution >= 4 is 11.8 Å². The van der Waals surface area contributed by atoms with E-state index in [2.05, 4.69) is 16.1 Å². The molecule has 3 saturated heterocycles. The molecule has 3 atom stereocenters. The minimum absolute atomic E-state index is 0.117. The molecule has 0 aromatic heterocycles. The number of hydrogen-bond acceptors (Lipinski definition) is 3. The molecule has 0 saturated carbocycles. The van der Waals surface area contributed by atoms with Gasteiger partial charge in [-0.15, -0.1) is 12.3 Å². The highest BCUT2D eigenvalue weighted by Crippen LogP contribution is 2.39. The predicted molar refractivity (Wildman–Crippen MR) is 105 cm³/mol. The summed E-state index contributed by atoms with van der Waals surface area (Å²) in [5.74, 6) is 3.80. The van der Waals surface area contributed by atoms with Crippen molar-refractivity contribution in [2.45, 2.75) is 82.7 Å². The number of terminal acetylenes is 1. The Morgan fingerprint density at radius 3 is 2.41 bits per heavy atom. The standard InChI is InChI=1S/C22H34N2O3/c1-2-3-4-5-6-7-21(25)24-19-8-9-20(24)15-17(14-19)16-23-22(26)18-10-12-27-13-11-18/h1,17-20H,3-16H2,(H,23,26)/t17?,19-,20+. The molecular formula is C22H34N2O3. The molecule has 2 bridgehead atoms. The summed E-state index contributed by atoms with van der Waals surface area (Å²) in [7, 11) is 0. The lowest BCUT2D eigenvalue weighted by atomic mass is 9.89. The summed E-state index contributed by atoms with van der Waals surface area (Å²) in [6.07, 6.45) is 15.7. The Morgan fingerprint density at radius 1 is 1.04 bits per heavy atom. The highest BCUT2D eigenvalue weighted by atomic mass is 16.5. The van der Waals surface area contributed by atoms with Crippen LogP contribution in [0.1, 0.15) is 70.6 Å². The van der Waals surface area contributed by atoms with Crippen LogP contribution in [-0.4, -0.2) is 48.6 Å². The first-order valence-electron chi connectivity index (χ1n) is 10.8. The second kappa shape index (κ2) is 10.1. The SMILES string of the molecule is C#CCCCCCC(=O)N1[C@@H]2CC[C@H]1CC(CNC(=O)C1CCOCC1)C2. The molecule has 0 spiro atoms. The van der Waals surface area contributed by atoms with Gasteiger partial charge in [-0.25, -0.2) is 0 Å². The van der Waals surface area contributed by atoms with E-state index in [0.29, 0.717) is 43.5 Å². The van der Waals surface area contributed by atoms with Gasteiger partial charge in [0.2, 0.25) is 11.8 Å². The fourth-order valence-corrected chi connectivity index (χ4v) is 5.02. The summed E-state index contributed by atoms with van der Waals surface area (Å²) >= 11 is 0. The molecule has 27 heavy (non-hydrogen) atoms. The minimum Gasteiger partial charge on any atom is -0.381 e. The zero-order chi connectivity index (χ0) is 19.1. The van der Waals surface area contributed by atoms with Crippen LogP contribution in [0.3, 0.4) is 0 Å². The maximum Gasteiger partial charge on any atom is 0.223 e. The van der Waals surface area contributed by atoms with Crippen molar-refractivity contribution in [1.29, 1.82) is 0 Å². The van der Waals surface area contributed by atoms with Crippen molar-refractivity contribution in [1.82, 2.24) is 10.2 Å². The van der Waals surface area contributed by atoms with E-state index in [1.807, 2.05) is 0 Å². The van der Waals surface area contributed by atoms with Crippen molar-refractivity contribution in [2.24, 2.45) is 11.8 Å². The van der Waals surface area contributed by atoms with E-state index < -0.39 is 0 Å². The van der Waals surface area contributed by atoms with Gasteiger partial charge in [0.1, 0.15) is 0 Å². The first-order valence-corrected chi connectivity index (χ1v) is 10.8. The first-order chi connectivity index (χ1) is 13.2. The Balaban J connectivity index is 1.39. The van der Waals surface area contributed by atoms with Gasteiger partial charge in [0, 0.05) is 50.6 Å². The highest BCUT2D eigenvalue weighted by molar-refractivity contribution is 5.79. The van der Waals surface area contributed by atoms with Gasteiger partial charge >= 0.3 is 0 Å². The number of fused-ring (bicyclic) bond motifs is 2. The Labute approximate surface area is 163 Å². The quantitative estimate of drug-likeness (QED) is 0.525. The van der Waals surface area contributed by atoms with E-state index in [1.165, 1.54) is 0 Å². The molecular weight excluding hydrogens is 340 g/mol. The average Bonchev–Trinajstić information content (AvgIpc) is 2.97. The molecule has 3 aliphatic heterocycles. The number of nitrogens with one attached hydrogen (secondary N) is 1.